The molecule has 1 aliphatic rings. The number of para-hydroxylation sites is 1. The summed E-state index contributed by atoms with van der Waals surface area (Å²) in [5, 5.41) is 8.93. The van der Waals surface area contributed by atoms with Crippen LogP contribution in [0.5, 0.6) is 0 Å². The van der Waals surface area contributed by atoms with Crippen LogP contribution in [0.4, 0.5) is 5.69 Å². The molecule has 1 fully saturated rings. The first kappa shape index (κ1) is 12.9. The van der Waals surface area contributed by atoms with Crippen molar-refractivity contribution < 1.29 is 9.90 Å². The second-order valence-electron chi connectivity index (χ2n) is 5.76. The topological polar surface area (TPSA) is 40.5 Å². The Morgan fingerprint density at radius 1 is 1.39 bits per heavy atom. The smallest absolute Gasteiger partial charge is 0.303 e. The molecule has 0 aromatic heterocycles. The zero-order chi connectivity index (χ0) is 13.2. The molecular weight excluding hydrogens is 226 g/mol. The first-order valence-electron chi connectivity index (χ1n) is 6.53. The Labute approximate surface area is 108 Å². The van der Waals surface area contributed by atoms with Gasteiger partial charge in [0.1, 0.15) is 0 Å². The van der Waals surface area contributed by atoms with E-state index in [1.54, 1.807) is 0 Å². The van der Waals surface area contributed by atoms with Crippen molar-refractivity contribution in [2.24, 2.45) is 5.92 Å². The molecule has 98 valence electrons. The Balaban J connectivity index is 2.17. The van der Waals surface area contributed by atoms with Gasteiger partial charge in [-0.2, -0.15) is 0 Å². The Hall–Kier alpha value is -1.51. The van der Waals surface area contributed by atoms with Gasteiger partial charge in [0.15, 0.2) is 0 Å². The Morgan fingerprint density at radius 3 is 2.67 bits per heavy atom. The highest BCUT2D eigenvalue weighted by Gasteiger charge is 2.34. The van der Waals surface area contributed by atoms with Gasteiger partial charge >= 0.3 is 5.97 Å². The van der Waals surface area contributed by atoms with Crippen molar-refractivity contribution in [3.8, 4) is 0 Å². The molecule has 1 heterocycles. The van der Waals surface area contributed by atoms with Crippen LogP contribution in [0.15, 0.2) is 30.3 Å². The van der Waals surface area contributed by atoms with Gasteiger partial charge in [-0.05, 0) is 44.7 Å². The maximum Gasteiger partial charge on any atom is 0.303 e. The van der Waals surface area contributed by atoms with Crippen LogP contribution in [-0.4, -0.2) is 23.2 Å². The highest BCUT2D eigenvalue weighted by Crippen LogP contribution is 2.35. The molecule has 1 unspecified atom stereocenters. The monoisotopic (exact) mass is 247 g/mol. The summed E-state index contributed by atoms with van der Waals surface area (Å²) in [6, 6.07) is 10.3. The maximum atomic E-state index is 10.9. The maximum absolute atomic E-state index is 10.9. The third-order valence-corrected chi connectivity index (χ3v) is 3.87. The van der Waals surface area contributed by atoms with E-state index in [9.17, 15) is 4.79 Å². The lowest BCUT2D eigenvalue weighted by Crippen LogP contribution is -2.51. The van der Waals surface area contributed by atoms with E-state index in [0.717, 1.165) is 19.4 Å². The number of hydrogen-bond acceptors (Lipinski definition) is 2. The van der Waals surface area contributed by atoms with Crippen LogP contribution in [0.1, 0.15) is 33.1 Å². The number of rotatable bonds is 3. The van der Waals surface area contributed by atoms with E-state index < -0.39 is 5.97 Å². The first-order valence-corrected chi connectivity index (χ1v) is 6.53. The molecule has 18 heavy (non-hydrogen) atoms. The molecule has 0 bridgehead atoms. The van der Waals surface area contributed by atoms with Crippen molar-refractivity contribution in [1.82, 2.24) is 0 Å². The third kappa shape index (κ3) is 2.84. The predicted molar refractivity (Wildman–Crippen MR) is 72.8 cm³/mol. The number of carboxylic acids is 1. The average Bonchev–Trinajstić information content (AvgIpc) is 2.32. The SMILES string of the molecule is CC1(C)CCC(CC(=O)O)CN1c1ccccc1. The van der Waals surface area contributed by atoms with Crippen molar-refractivity contribution in [3.63, 3.8) is 0 Å². The van der Waals surface area contributed by atoms with Crippen molar-refractivity contribution in [1.29, 1.82) is 0 Å². The molecule has 2 rings (SSSR count). The summed E-state index contributed by atoms with van der Waals surface area (Å²) in [6.07, 6.45) is 2.32. The number of anilines is 1. The van der Waals surface area contributed by atoms with E-state index in [4.69, 9.17) is 5.11 Å². The molecule has 0 spiro atoms. The van der Waals surface area contributed by atoms with Crippen LogP contribution >= 0.6 is 0 Å². The van der Waals surface area contributed by atoms with Crippen LogP contribution in [-0.2, 0) is 4.79 Å². The van der Waals surface area contributed by atoms with Crippen molar-refractivity contribution in [2.45, 2.75) is 38.6 Å². The molecule has 0 radical (unpaired) electrons. The lowest BCUT2D eigenvalue weighted by Gasteiger charge is -2.47. The van der Waals surface area contributed by atoms with Crippen LogP contribution in [0.3, 0.4) is 0 Å². The average molecular weight is 247 g/mol. The minimum atomic E-state index is -0.687. The fourth-order valence-corrected chi connectivity index (χ4v) is 2.77. The largest absolute Gasteiger partial charge is 0.481 e. The second-order valence-corrected chi connectivity index (χ2v) is 5.76. The molecule has 1 N–H and O–H groups in total. The number of carbonyl (C=O) groups is 1. The summed E-state index contributed by atoms with van der Waals surface area (Å²) >= 11 is 0. The fourth-order valence-electron chi connectivity index (χ4n) is 2.77. The number of nitrogens with zero attached hydrogens (tertiary/aromatic N) is 1. The molecule has 1 aliphatic heterocycles. The van der Waals surface area contributed by atoms with Gasteiger partial charge in [-0.1, -0.05) is 18.2 Å². The van der Waals surface area contributed by atoms with Gasteiger partial charge in [0.05, 0.1) is 0 Å². The quantitative estimate of drug-likeness (QED) is 0.892. The van der Waals surface area contributed by atoms with Crippen LogP contribution in [0.2, 0.25) is 0 Å². The standard InChI is InChI=1S/C15H21NO2/c1-15(2)9-8-12(10-14(17)18)11-16(15)13-6-4-3-5-7-13/h3-7,12H,8-11H2,1-2H3,(H,17,18). The summed E-state index contributed by atoms with van der Waals surface area (Å²) in [7, 11) is 0. The minimum Gasteiger partial charge on any atom is -0.481 e. The van der Waals surface area contributed by atoms with E-state index in [-0.39, 0.29) is 17.9 Å². The number of benzene rings is 1. The zero-order valence-corrected chi connectivity index (χ0v) is 11.1. The summed E-state index contributed by atoms with van der Waals surface area (Å²) in [5.74, 6) is -0.427. The molecular formula is C15H21NO2. The van der Waals surface area contributed by atoms with Gasteiger partial charge in [-0.25, -0.2) is 0 Å². The summed E-state index contributed by atoms with van der Waals surface area (Å²) in [6.45, 7) is 5.30. The molecule has 0 amide bonds. The molecule has 3 nitrogen and oxygen atoms in total. The highest BCUT2D eigenvalue weighted by molar-refractivity contribution is 5.67. The van der Waals surface area contributed by atoms with E-state index in [2.05, 4.69) is 30.9 Å². The van der Waals surface area contributed by atoms with Crippen LogP contribution in [0.25, 0.3) is 0 Å². The predicted octanol–water partition coefficient (Wildman–Crippen LogP) is 3.16. The first-order chi connectivity index (χ1) is 8.49. The molecule has 1 saturated heterocycles. The van der Waals surface area contributed by atoms with Crippen molar-refractivity contribution in [2.75, 3.05) is 11.4 Å². The fraction of sp³-hybridized carbons (Fsp3) is 0.533. The summed E-state index contributed by atoms with van der Waals surface area (Å²) in [4.78, 5) is 13.2. The highest BCUT2D eigenvalue weighted by atomic mass is 16.4. The molecule has 0 saturated carbocycles. The number of carboxylic acid groups (broad SMARTS) is 1. The molecule has 1 atom stereocenters. The molecule has 0 aliphatic carbocycles. The molecule has 1 aromatic carbocycles. The minimum absolute atomic E-state index is 0.107. The van der Waals surface area contributed by atoms with E-state index in [1.165, 1.54) is 5.69 Å². The van der Waals surface area contributed by atoms with E-state index in [0.29, 0.717) is 0 Å². The van der Waals surface area contributed by atoms with Gasteiger partial charge in [0.2, 0.25) is 0 Å². The Bertz CT molecular complexity index is 414. The van der Waals surface area contributed by atoms with Gasteiger partial charge in [0.25, 0.3) is 0 Å². The van der Waals surface area contributed by atoms with E-state index >= 15 is 0 Å². The molecule has 1 aromatic rings. The van der Waals surface area contributed by atoms with Gasteiger partial charge in [-0.3, -0.25) is 4.79 Å². The summed E-state index contributed by atoms with van der Waals surface area (Å²) in [5.41, 5.74) is 1.30. The summed E-state index contributed by atoms with van der Waals surface area (Å²) < 4.78 is 0. The van der Waals surface area contributed by atoms with Gasteiger partial charge < -0.3 is 10.0 Å². The number of aliphatic carboxylic acids is 1. The second kappa shape index (κ2) is 5.01. The lowest BCUT2D eigenvalue weighted by atomic mass is 9.83. The third-order valence-electron chi connectivity index (χ3n) is 3.87. The number of hydrogen-bond donors (Lipinski definition) is 1. The zero-order valence-electron chi connectivity index (χ0n) is 11.1. The van der Waals surface area contributed by atoms with Gasteiger partial charge in [0, 0.05) is 24.2 Å². The van der Waals surface area contributed by atoms with Crippen molar-refractivity contribution >= 4 is 11.7 Å². The Morgan fingerprint density at radius 2 is 2.06 bits per heavy atom. The number of piperidine rings is 1. The Kier molecular flexibility index (Phi) is 3.60. The van der Waals surface area contributed by atoms with Crippen LogP contribution < -0.4 is 4.90 Å². The normalized spacial score (nSPS) is 22.8. The molecule has 3 heteroatoms. The van der Waals surface area contributed by atoms with Crippen molar-refractivity contribution in [3.05, 3.63) is 30.3 Å². The lowest BCUT2D eigenvalue weighted by molar-refractivity contribution is -0.138. The van der Waals surface area contributed by atoms with E-state index in [1.807, 2.05) is 18.2 Å². The van der Waals surface area contributed by atoms with Gasteiger partial charge in [-0.15, -0.1) is 0 Å². The van der Waals surface area contributed by atoms with Crippen LogP contribution in [0, 0.1) is 5.92 Å².